The summed E-state index contributed by atoms with van der Waals surface area (Å²) in [6.07, 6.45) is 1.94. The Hall–Kier alpha value is -1.55. The van der Waals surface area contributed by atoms with Gasteiger partial charge in [-0.1, -0.05) is 20.8 Å². The average Bonchev–Trinajstić information content (AvgIpc) is 2.75. The summed E-state index contributed by atoms with van der Waals surface area (Å²) < 4.78 is 7.93. The Labute approximate surface area is 120 Å². The largest absolute Gasteiger partial charge is 0.399 e. The van der Waals surface area contributed by atoms with Crippen molar-refractivity contribution in [3.63, 3.8) is 0 Å². The topological polar surface area (TPSA) is 53.1 Å². The molecule has 0 radical (unpaired) electrons. The number of hydrogen-bond acceptors (Lipinski definition) is 3. The van der Waals surface area contributed by atoms with E-state index in [0.717, 1.165) is 49.6 Å². The number of hydrogen-bond donors (Lipinski definition) is 1. The second kappa shape index (κ2) is 6.75. The van der Waals surface area contributed by atoms with Gasteiger partial charge < -0.3 is 15.0 Å². The number of anilines is 1. The van der Waals surface area contributed by atoms with Crippen LogP contribution in [0.4, 0.5) is 5.69 Å². The molecule has 4 heteroatoms. The number of aryl methyl sites for hydroxylation is 2. The molecule has 1 heterocycles. The lowest BCUT2D eigenvalue weighted by atomic mass is 10.2. The molecule has 0 aliphatic heterocycles. The molecule has 2 N–H and O–H groups in total. The zero-order valence-electron chi connectivity index (χ0n) is 12.7. The van der Waals surface area contributed by atoms with E-state index in [1.54, 1.807) is 0 Å². The lowest BCUT2D eigenvalue weighted by Gasteiger charge is -2.10. The van der Waals surface area contributed by atoms with Gasteiger partial charge in [-0.15, -0.1) is 0 Å². The minimum atomic E-state index is 0.596. The Morgan fingerprint density at radius 1 is 1.35 bits per heavy atom. The number of rotatable bonds is 7. The first-order valence-corrected chi connectivity index (χ1v) is 7.44. The van der Waals surface area contributed by atoms with Crippen LogP contribution in [-0.2, 0) is 17.7 Å². The highest BCUT2D eigenvalue weighted by Crippen LogP contribution is 2.19. The number of ether oxygens (including phenoxy) is 1. The highest BCUT2D eigenvalue weighted by atomic mass is 16.5. The molecule has 2 aromatic rings. The monoisotopic (exact) mass is 275 g/mol. The number of nitrogens with two attached hydrogens (primary N) is 1. The molecule has 0 unspecified atom stereocenters. The zero-order valence-corrected chi connectivity index (χ0v) is 12.7. The van der Waals surface area contributed by atoms with Crippen LogP contribution in [-0.4, -0.2) is 22.8 Å². The van der Waals surface area contributed by atoms with Crippen molar-refractivity contribution in [2.24, 2.45) is 5.92 Å². The maximum Gasteiger partial charge on any atom is 0.109 e. The highest BCUT2D eigenvalue weighted by Gasteiger charge is 2.09. The summed E-state index contributed by atoms with van der Waals surface area (Å²) in [7, 11) is 0. The molecule has 0 spiro atoms. The van der Waals surface area contributed by atoms with Crippen LogP contribution in [0.3, 0.4) is 0 Å². The number of nitrogen functional groups attached to an aromatic ring is 1. The van der Waals surface area contributed by atoms with Crippen molar-refractivity contribution in [2.45, 2.75) is 40.2 Å². The van der Waals surface area contributed by atoms with E-state index < -0.39 is 0 Å². The zero-order chi connectivity index (χ0) is 14.5. The first-order chi connectivity index (χ1) is 9.61. The van der Waals surface area contributed by atoms with Gasteiger partial charge in [-0.25, -0.2) is 4.98 Å². The average molecular weight is 275 g/mol. The third kappa shape index (κ3) is 3.51. The lowest BCUT2D eigenvalue weighted by molar-refractivity contribution is 0.105. The summed E-state index contributed by atoms with van der Waals surface area (Å²) in [5, 5.41) is 0. The molecule has 20 heavy (non-hydrogen) atoms. The first kappa shape index (κ1) is 14.9. The van der Waals surface area contributed by atoms with E-state index in [0.29, 0.717) is 5.92 Å². The van der Waals surface area contributed by atoms with Crippen LogP contribution in [0.1, 0.15) is 33.0 Å². The van der Waals surface area contributed by atoms with Crippen molar-refractivity contribution < 1.29 is 4.74 Å². The van der Waals surface area contributed by atoms with Crippen molar-refractivity contribution in [2.75, 3.05) is 18.9 Å². The lowest BCUT2D eigenvalue weighted by Crippen LogP contribution is -2.08. The van der Waals surface area contributed by atoms with Crippen LogP contribution in [0.2, 0.25) is 0 Å². The van der Waals surface area contributed by atoms with Crippen LogP contribution in [0.25, 0.3) is 11.0 Å². The van der Waals surface area contributed by atoms with E-state index in [4.69, 9.17) is 10.5 Å². The third-order valence-electron chi connectivity index (χ3n) is 3.29. The van der Waals surface area contributed by atoms with Gasteiger partial charge in [0.2, 0.25) is 0 Å². The fraction of sp³-hybridized carbons (Fsp3) is 0.562. The van der Waals surface area contributed by atoms with Crippen LogP contribution in [0.5, 0.6) is 0 Å². The Kier molecular flexibility index (Phi) is 5.01. The maximum atomic E-state index is 5.82. The van der Waals surface area contributed by atoms with E-state index in [1.807, 2.05) is 12.1 Å². The summed E-state index contributed by atoms with van der Waals surface area (Å²) in [4.78, 5) is 4.66. The van der Waals surface area contributed by atoms with Crippen molar-refractivity contribution in [1.29, 1.82) is 0 Å². The normalized spacial score (nSPS) is 11.6. The van der Waals surface area contributed by atoms with E-state index >= 15 is 0 Å². The Balaban J connectivity index is 2.04. The van der Waals surface area contributed by atoms with Crippen molar-refractivity contribution in [3.8, 4) is 0 Å². The van der Waals surface area contributed by atoms with E-state index in [1.165, 1.54) is 5.52 Å². The molecule has 0 saturated heterocycles. The molecule has 2 rings (SSSR count). The molecular formula is C16H25N3O. The second-order valence-corrected chi connectivity index (χ2v) is 5.60. The molecule has 4 nitrogen and oxygen atoms in total. The van der Waals surface area contributed by atoms with Gasteiger partial charge in [0.15, 0.2) is 0 Å². The smallest absolute Gasteiger partial charge is 0.109 e. The van der Waals surface area contributed by atoms with Gasteiger partial charge in [-0.3, -0.25) is 0 Å². The minimum Gasteiger partial charge on any atom is -0.399 e. The van der Waals surface area contributed by atoms with E-state index in [2.05, 4.69) is 36.4 Å². The van der Waals surface area contributed by atoms with Gasteiger partial charge in [-0.2, -0.15) is 0 Å². The molecule has 0 fully saturated rings. The Bertz CT molecular complexity index is 560. The van der Waals surface area contributed by atoms with Crippen molar-refractivity contribution >= 4 is 16.7 Å². The van der Waals surface area contributed by atoms with Gasteiger partial charge in [0.05, 0.1) is 11.0 Å². The molecule has 110 valence electrons. The second-order valence-electron chi connectivity index (χ2n) is 5.60. The van der Waals surface area contributed by atoms with Crippen molar-refractivity contribution in [1.82, 2.24) is 9.55 Å². The van der Waals surface area contributed by atoms with E-state index in [-0.39, 0.29) is 0 Å². The molecule has 0 aliphatic rings. The van der Waals surface area contributed by atoms with Gasteiger partial charge in [-0.05, 0) is 30.5 Å². The molecule has 0 saturated carbocycles. The van der Waals surface area contributed by atoms with Crippen molar-refractivity contribution in [3.05, 3.63) is 24.0 Å². The predicted molar refractivity (Wildman–Crippen MR) is 83.8 cm³/mol. The van der Waals surface area contributed by atoms with Gasteiger partial charge in [0, 0.05) is 31.9 Å². The van der Waals surface area contributed by atoms with Gasteiger partial charge in [0.25, 0.3) is 0 Å². The number of fused-ring (bicyclic) bond motifs is 1. The summed E-state index contributed by atoms with van der Waals surface area (Å²) in [5.41, 5.74) is 8.75. The van der Waals surface area contributed by atoms with Gasteiger partial charge >= 0.3 is 0 Å². The minimum absolute atomic E-state index is 0.596. The highest BCUT2D eigenvalue weighted by molar-refractivity contribution is 5.79. The quantitative estimate of drug-likeness (QED) is 0.623. The first-order valence-electron chi connectivity index (χ1n) is 7.44. The molecule has 1 aromatic heterocycles. The molecule has 1 aromatic carbocycles. The fourth-order valence-electron chi connectivity index (χ4n) is 2.36. The standard InChI is InChI=1S/C16H25N3O/c1-4-16-18-14-10-13(17)6-7-15(14)19(16)8-5-9-20-11-12(2)3/h6-7,10,12H,4-5,8-9,11,17H2,1-3H3. The summed E-state index contributed by atoms with van der Waals surface area (Å²) >= 11 is 0. The van der Waals surface area contributed by atoms with Crippen LogP contribution >= 0.6 is 0 Å². The third-order valence-corrected chi connectivity index (χ3v) is 3.29. The van der Waals surface area contributed by atoms with Gasteiger partial charge in [0.1, 0.15) is 5.82 Å². The summed E-state index contributed by atoms with van der Waals surface area (Å²) in [6, 6.07) is 5.95. The SMILES string of the molecule is CCc1nc2cc(N)ccc2n1CCCOCC(C)C. The number of imidazole rings is 1. The molecule has 0 atom stereocenters. The van der Waals surface area contributed by atoms with Crippen LogP contribution < -0.4 is 5.73 Å². The molecule has 0 bridgehead atoms. The number of aromatic nitrogens is 2. The Morgan fingerprint density at radius 2 is 2.15 bits per heavy atom. The number of nitrogens with zero attached hydrogens (tertiary/aromatic N) is 2. The fourth-order valence-corrected chi connectivity index (χ4v) is 2.36. The molecule has 0 aliphatic carbocycles. The summed E-state index contributed by atoms with van der Waals surface area (Å²) in [5.74, 6) is 1.72. The Morgan fingerprint density at radius 3 is 2.85 bits per heavy atom. The van der Waals surface area contributed by atoms with Crippen LogP contribution in [0.15, 0.2) is 18.2 Å². The molecular weight excluding hydrogens is 250 g/mol. The number of benzene rings is 1. The van der Waals surface area contributed by atoms with E-state index in [9.17, 15) is 0 Å². The van der Waals surface area contributed by atoms with Crippen LogP contribution in [0, 0.1) is 5.92 Å². The predicted octanol–water partition coefficient (Wildman–Crippen LogP) is 3.24. The maximum absolute atomic E-state index is 5.82. The summed E-state index contributed by atoms with van der Waals surface area (Å²) in [6.45, 7) is 9.06. The molecule has 0 amide bonds.